The van der Waals surface area contributed by atoms with E-state index in [9.17, 15) is 9.59 Å². The van der Waals surface area contributed by atoms with E-state index in [0.717, 1.165) is 12.8 Å². The highest BCUT2D eigenvalue weighted by Gasteiger charge is 2.32. The molecule has 2 heterocycles. The average molecular weight is 352 g/mol. The molecular weight excluding hydrogens is 332 g/mol. The summed E-state index contributed by atoms with van der Waals surface area (Å²) in [4.78, 5) is 24.1. The Balaban J connectivity index is 1.76. The zero-order valence-corrected chi connectivity index (χ0v) is 14.4. The number of rotatable bonds is 7. The third kappa shape index (κ3) is 3.72. The number of carbonyl (C=O) groups excluding carboxylic acids is 2. The van der Waals surface area contributed by atoms with E-state index < -0.39 is 5.97 Å². The molecule has 24 heavy (non-hydrogen) atoms. The van der Waals surface area contributed by atoms with Gasteiger partial charge in [0.05, 0.1) is 18.2 Å². The number of hydrogen-bond acceptors (Lipinski definition) is 7. The van der Waals surface area contributed by atoms with Crippen molar-refractivity contribution in [1.29, 1.82) is 0 Å². The molecule has 2 amide bonds. The zero-order valence-electron chi connectivity index (χ0n) is 13.6. The Morgan fingerprint density at radius 3 is 2.83 bits per heavy atom. The molecule has 2 aliphatic rings. The van der Waals surface area contributed by atoms with Crippen molar-refractivity contribution < 1.29 is 18.7 Å². The van der Waals surface area contributed by atoms with Crippen molar-refractivity contribution in [3.63, 3.8) is 0 Å². The van der Waals surface area contributed by atoms with Crippen LogP contribution in [0.15, 0.2) is 20.9 Å². The molecule has 1 aromatic rings. The number of nitrogens with one attached hydrogen (secondary N) is 2. The van der Waals surface area contributed by atoms with E-state index >= 15 is 0 Å². The van der Waals surface area contributed by atoms with E-state index in [1.807, 2.05) is 6.92 Å². The van der Waals surface area contributed by atoms with Gasteiger partial charge in [-0.1, -0.05) is 18.7 Å². The van der Waals surface area contributed by atoms with E-state index in [1.54, 1.807) is 6.92 Å². The molecule has 8 nitrogen and oxygen atoms in total. The number of amides is 2. The van der Waals surface area contributed by atoms with Gasteiger partial charge in [0.2, 0.25) is 5.89 Å². The highest BCUT2D eigenvalue weighted by molar-refractivity contribution is 7.99. The molecule has 0 unspecified atom stereocenters. The molecule has 9 heteroatoms. The van der Waals surface area contributed by atoms with Gasteiger partial charge in [-0.05, 0) is 26.2 Å². The van der Waals surface area contributed by atoms with Crippen molar-refractivity contribution >= 4 is 23.8 Å². The summed E-state index contributed by atoms with van der Waals surface area (Å²) in [7, 11) is 0. The summed E-state index contributed by atoms with van der Waals surface area (Å²) < 4.78 is 10.7. The minimum absolute atomic E-state index is 0.279. The molecule has 3 rings (SSSR count). The van der Waals surface area contributed by atoms with E-state index in [-0.39, 0.29) is 18.7 Å². The normalized spacial score (nSPS) is 20.6. The summed E-state index contributed by atoms with van der Waals surface area (Å²) in [6.07, 6.45) is 2.77. The Kier molecular flexibility index (Phi) is 5.08. The molecule has 0 spiro atoms. The number of ether oxygens (including phenoxy) is 1. The van der Waals surface area contributed by atoms with Gasteiger partial charge in [-0.25, -0.2) is 9.59 Å². The van der Waals surface area contributed by atoms with Crippen molar-refractivity contribution in [3.05, 3.63) is 17.2 Å². The molecule has 0 saturated heterocycles. The maximum atomic E-state index is 12.3. The van der Waals surface area contributed by atoms with Crippen molar-refractivity contribution in [1.82, 2.24) is 20.8 Å². The summed E-state index contributed by atoms with van der Waals surface area (Å²) in [5, 5.41) is 13.9. The number of thioether (sulfide) groups is 1. The van der Waals surface area contributed by atoms with Crippen LogP contribution in [0.5, 0.6) is 0 Å². The first-order chi connectivity index (χ1) is 11.6. The van der Waals surface area contributed by atoms with Crippen LogP contribution in [0.1, 0.15) is 44.9 Å². The summed E-state index contributed by atoms with van der Waals surface area (Å²) in [6.45, 7) is 3.93. The predicted molar refractivity (Wildman–Crippen MR) is 86.4 cm³/mol. The van der Waals surface area contributed by atoms with Gasteiger partial charge in [0, 0.05) is 17.4 Å². The second-order valence-electron chi connectivity index (χ2n) is 5.64. The number of aromatic nitrogens is 2. The highest BCUT2D eigenvalue weighted by atomic mass is 32.2. The van der Waals surface area contributed by atoms with Crippen LogP contribution in [0.2, 0.25) is 0 Å². The number of hydrogen-bond donors (Lipinski definition) is 2. The Hall–Kier alpha value is -2.03. The highest BCUT2D eigenvalue weighted by Crippen LogP contribution is 2.40. The lowest BCUT2D eigenvalue weighted by atomic mass is 10.0. The Morgan fingerprint density at radius 1 is 1.38 bits per heavy atom. The third-order valence-electron chi connectivity index (χ3n) is 3.84. The van der Waals surface area contributed by atoms with E-state index in [0.29, 0.717) is 40.5 Å². The van der Waals surface area contributed by atoms with Gasteiger partial charge in [0.25, 0.3) is 5.22 Å². The smallest absolute Gasteiger partial charge is 0.337 e. The standard InChI is InChI=1S/C15H20N4O4S/c1-3-9-11(13(20)22-4-2)10(17-14(21)16-9)7-24-15-19-18-12(23-15)8-5-6-8/h8-9H,3-7H2,1-2H3,(H2,16,17,21)/t9-/m1/s1. The second-order valence-corrected chi connectivity index (χ2v) is 6.57. The van der Waals surface area contributed by atoms with Gasteiger partial charge in [-0.15, -0.1) is 10.2 Å². The fourth-order valence-corrected chi connectivity index (χ4v) is 3.22. The Morgan fingerprint density at radius 2 is 2.17 bits per heavy atom. The van der Waals surface area contributed by atoms with E-state index in [1.165, 1.54) is 11.8 Å². The summed E-state index contributed by atoms with van der Waals surface area (Å²) in [5.41, 5.74) is 0.980. The van der Waals surface area contributed by atoms with Crippen molar-refractivity contribution in [2.75, 3.05) is 12.4 Å². The first kappa shape index (κ1) is 16.8. The lowest BCUT2D eigenvalue weighted by Crippen LogP contribution is -2.50. The lowest BCUT2D eigenvalue weighted by molar-refractivity contribution is -0.139. The van der Waals surface area contributed by atoms with Gasteiger partial charge in [-0.3, -0.25) is 0 Å². The van der Waals surface area contributed by atoms with Crippen LogP contribution in [0.4, 0.5) is 4.79 Å². The minimum Gasteiger partial charge on any atom is -0.463 e. The lowest BCUT2D eigenvalue weighted by Gasteiger charge is -2.28. The summed E-state index contributed by atoms with van der Waals surface area (Å²) >= 11 is 1.30. The monoisotopic (exact) mass is 352 g/mol. The SMILES string of the molecule is CCOC(=O)C1=C(CSc2nnc(C3CC3)o2)NC(=O)N[C@@H]1CC. The van der Waals surface area contributed by atoms with Crippen LogP contribution >= 0.6 is 11.8 Å². The number of carbonyl (C=O) groups is 2. The van der Waals surface area contributed by atoms with Crippen LogP contribution in [-0.2, 0) is 9.53 Å². The van der Waals surface area contributed by atoms with E-state index in [4.69, 9.17) is 9.15 Å². The molecule has 0 bridgehead atoms. The van der Waals surface area contributed by atoms with Gasteiger partial charge in [0.15, 0.2) is 0 Å². The Labute approximate surface area is 143 Å². The molecule has 1 aliphatic carbocycles. The average Bonchev–Trinajstić information content (AvgIpc) is 3.31. The maximum Gasteiger partial charge on any atom is 0.337 e. The first-order valence-electron chi connectivity index (χ1n) is 8.06. The van der Waals surface area contributed by atoms with Crippen LogP contribution in [0.25, 0.3) is 0 Å². The van der Waals surface area contributed by atoms with Crippen molar-refractivity contribution in [2.24, 2.45) is 0 Å². The minimum atomic E-state index is -0.420. The van der Waals surface area contributed by atoms with Crippen LogP contribution in [0.3, 0.4) is 0 Å². The third-order valence-corrected chi connectivity index (χ3v) is 4.68. The van der Waals surface area contributed by atoms with Crippen LogP contribution in [-0.4, -0.2) is 40.6 Å². The van der Waals surface area contributed by atoms with Crippen LogP contribution < -0.4 is 10.6 Å². The first-order valence-corrected chi connectivity index (χ1v) is 9.04. The molecule has 0 radical (unpaired) electrons. The van der Waals surface area contributed by atoms with Crippen molar-refractivity contribution in [3.8, 4) is 0 Å². The number of esters is 1. The molecular formula is C15H20N4O4S. The fourth-order valence-electron chi connectivity index (χ4n) is 2.48. The van der Waals surface area contributed by atoms with Gasteiger partial charge >= 0.3 is 12.0 Å². The topological polar surface area (TPSA) is 106 Å². The molecule has 0 aromatic carbocycles. The largest absolute Gasteiger partial charge is 0.463 e. The number of urea groups is 1. The summed E-state index contributed by atoms with van der Waals surface area (Å²) in [5.74, 6) is 0.989. The predicted octanol–water partition coefficient (Wildman–Crippen LogP) is 1.95. The number of nitrogens with zero attached hydrogens (tertiary/aromatic N) is 2. The van der Waals surface area contributed by atoms with Crippen LogP contribution in [0, 0.1) is 0 Å². The quantitative estimate of drug-likeness (QED) is 0.570. The molecule has 130 valence electrons. The maximum absolute atomic E-state index is 12.3. The second kappa shape index (κ2) is 7.25. The molecule has 1 aliphatic heterocycles. The van der Waals surface area contributed by atoms with Gasteiger partial charge in [-0.2, -0.15) is 0 Å². The zero-order chi connectivity index (χ0) is 17.1. The molecule has 1 aromatic heterocycles. The molecule has 1 fully saturated rings. The van der Waals surface area contributed by atoms with E-state index in [2.05, 4.69) is 20.8 Å². The molecule has 1 saturated carbocycles. The Bertz CT molecular complexity index is 668. The molecule has 2 N–H and O–H groups in total. The fraction of sp³-hybridized carbons (Fsp3) is 0.600. The van der Waals surface area contributed by atoms with Crippen molar-refractivity contribution in [2.45, 2.75) is 50.3 Å². The summed E-state index contributed by atoms with van der Waals surface area (Å²) in [6, 6.07) is -0.687. The molecule has 1 atom stereocenters. The van der Waals surface area contributed by atoms with Gasteiger partial charge in [0.1, 0.15) is 0 Å². The van der Waals surface area contributed by atoms with Gasteiger partial charge < -0.3 is 19.8 Å².